The van der Waals surface area contributed by atoms with E-state index in [4.69, 9.17) is 9.47 Å². The van der Waals surface area contributed by atoms with Gasteiger partial charge >= 0.3 is 0 Å². The number of benzene rings is 1. The molecule has 17 heavy (non-hydrogen) atoms. The van der Waals surface area contributed by atoms with Gasteiger partial charge in [-0.25, -0.2) is 0 Å². The Kier molecular flexibility index (Phi) is 3.85. The van der Waals surface area contributed by atoms with E-state index in [1.165, 1.54) is 11.1 Å². The maximum atomic E-state index is 5.87. The highest BCUT2D eigenvalue weighted by Crippen LogP contribution is 2.44. The van der Waals surface area contributed by atoms with Crippen molar-refractivity contribution < 1.29 is 9.47 Å². The summed E-state index contributed by atoms with van der Waals surface area (Å²) in [4.78, 5) is 0. The third-order valence-electron chi connectivity index (χ3n) is 3.43. The second-order valence-electron chi connectivity index (χ2n) is 4.78. The lowest BCUT2D eigenvalue weighted by Crippen LogP contribution is -2.30. The molecule has 0 bridgehead atoms. The molecule has 1 heterocycles. The van der Waals surface area contributed by atoms with Gasteiger partial charge in [-0.2, -0.15) is 0 Å². The molecule has 0 saturated carbocycles. The largest absolute Gasteiger partial charge is 0.375 e. The molecule has 2 unspecified atom stereocenters. The van der Waals surface area contributed by atoms with Crippen molar-refractivity contribution in [1.29, 1.82) is 0 Å². The van der Waals surface area contributed by atoms with Crippen molar-refractivity contribution in [2.24, 2.45) is 0 Å². The van der Waals surface area contributed by atoms with Gasteiger partial charge in [0.25, 0.3) is 0 Å². The first-order valence-corrected chi connectivity index (χ1v) is 6.55. The Bertz CT molecular complexity index is 346. The second-order valence-corrected chi connectivity index (χ2v) is 4.78. The second kappa shape index (κ2) is 5.19. The summed E-state index contributed by atoms with van der Waals surface area (Å²) in [7, 11) is 0. The summed E-state index contributed by atoms with van der Waals surface area (Å²) in [5.41, 5.74) is 2.38. The number of aryl methyl sites for hydroxylation is 1. The zero-order valence-electron chi connectivity index (χ0n) is 11.0. The van der Waals surface area contributed by atoms with Crippen molar-refractivity contribution in [2.75, 3.05) is 13.2 Å². The maximum absolute atomic E-state index is 5.87. The molecule has 1 aromatic carbocycles. The average molecular weight is 234 g/mol. The number of ether oxygens (including phenoxy) is 2. The van der Waals surface area contributed by atoms with Crippen molar-refractivity contribution >= 4 is 0 Å². The topological polar surface area (TPSA) is 21.8 Å². The molecule has 94 valence electrons. The van der Waals surface area contributed by atoms with E-state index in [1.807, 2.05) is 6.92 Å². The van der Waals surface area contributed by atoms with Crippen molar-refractivity contribution in [1.82, 2.24) is 0 Å². The van der Waals surface area contributed by atoms with Crippen LogP contribution in [-0.2, 0) is 15.1 Å². The van der Waals surface area contributed by atoms with Gasteiger partial charge in [0.15, 0.2) is 0 Å². The molecule has 1 fully saturated rings. The number of rotatable bonds is 6. The van der Waals surface area contributed by atoms with Crippen molar-refractivity contribution in [2.45, 2.75) is 45.3 Å². The molecule has 2 heteroatoms. The van der Waals surface area contributed by atoms with E-state index in [0.717, 1.165) is 26.1 Å². The molecule has 2 atom stereocenters. The Morgan fingerprint density at radius 2 is 1.94 bits per heavy atom. The number of epoxide rings is 1. The van der Waals surface area contributed by atoms with Crippen LogP contribution in [0.1, 0.15) is 37.8 Å². The van der Waals surface area contributed by atoms with E-state index in [0.29, 0.717) is 0 Å². The molecule has 0 aromatic heterocycles. The molecule has 1 aliphatic heterocycles. The highest BCUT2D eigenvalue weighted by atomic mass is 16.6. The van der Waals surface area contributed by atoms with Gasteiger partial charge in [0.1, 0.15) is 5.60 Å². The first-order chi connectivity index (χ1) is 8.23. The maximum Gasteiger partial charge on any atom is 0.142 e. The number of hydrogen-bond acceptors (Lipinski definition) is 2. The van der Waals surface area contributed by atoms with Crippen LogP contribution >= 0.6 is 0 Å². The Balaban J connectivity index is 2.19. The summed E-state index contributed by atoms with van der Waals surface area (Å²) in [6, 6.07) is 8.63. The fourth-order valence-corrected chi connectivity index (χ4v) is 2.37. The van der Waals surface area contributed by atoms with Crippen molar-refractivity contribution in [3.05, 3.63) is 35.4 Å². The Morgan fingerprint density at radius 1 is 1.29 bits per heavy atom. The lowest BCUT2D eigenvalue weighted by Gasteiger charge is -2.24. The summed E-state index contributed by atoms with van der Waals surface area (Å²) in [6.45, 7) is 7.89. The molecule has 1 aliphatic rings. The fourth-order valence-electron chi connectivity index (χ4n) is 2.37. The van der Waals surface area contributed by atoms with E-state index in [1.54, 1.807) is 0 Å². The smallest absolute Gasteiger partial charge is 0.142 e. The number of hydrogen-bond donors (Lipinski definition) is 0. The minimum absolute atomic E-state index is 0.167. The summed E-state index contributed by atoms with van der Waals surface area (Å²) < 4.78 is 11.6. The van der Waals surface area contributed by atoms with Crippen LogP contribution in [0.25, 0.3) is 0 Å². The van der Waals surface area contributed by atoms with Crippen LogP contribution in [0.2, 0.25) is 0 Å². The van der Waals surface area contributed by atoms with Crippen LogP contribution in [0.3, 0.4) is 0 Å². The average Bonchev–Trinajstić information content (AvgIpc) is 3.11. The SMILES string of the molecule is CCCC(OCC)C1(c2ccc(C)cc2)CO1. The molecule has 2 nitrogen and oxygen atoms in total. The van der Waals surface area contributed by atoms with Gasteiger partial charge in [-0.1, -0.05) is 43.2 Å². The summed E-state index contributed by atoms with van der Waals surface area (Å²) >= 11 is 0. The van der Waals surface area contributed by atoms with Crippen LogP contribution in [0.5, 0.6) is 0 Å². The zero-order chi connectivity index (χ0) is 12.3. The Labute approximate surface area is 104 Å². The molecular weight excluding hydrogens is 212 g/mol. The molecule has 0 N–H and O–H groups in total. The van der Waals surface area contributed by atoms with Gasteiger partial charge in [-0.3, -0.25) is 0 Å². The highest BCUT2D eigenvalue weighted by molar-refractivity contribution is 5.31. The molecule has 2 rings (SSSR count). The summed E-state index contributed by atoms with van der Waals surface area (Å²) in [6.07, 6.45) is 2.38. The summed E-state index contributed by atoms with van der Waals surface area (Å²) in [5, 5.41) is 0. The van der Waals surface area contributed by atoms with Gasteiger partial charge in [-0.15, -0.1) is 0 Å². The lowest BCUT2D eigenvalue weighted by atomic mass is 9.90. The minimum Gasteiger partial charge on any atom is -0.375 e. The molecule has 0 amide bonds. The van der Waals surface area contributed by atoms with Crippen molar-refractivity contribution in [3.8, 4) is 0 Å². The Morgan fingerprint density at radius 3 is 2.41 bits per heavy atom. The summed E-state index contributed by atoms with van der Waals surface area (Å²) in [5.74, 6) is 0. The molecule has 1 aromatic rings. The lowest BCUT2D eigenvalue weighted by molar-refractivity contribution is -0.00518. The van der Waals surface area contributed by atoms with E-state index >= 15 is 0 Å². The fraction of sp³-hybridized carbons (Fsp3) is 0.600. The van der Waals surface area contributed by atoms with Gasteiger partial charge in [0.2, 0.25) is 0 Å². The van der Waals surface area contributed by atoms with Crippen LogP contribution in [0, 0.1) is 6.92 Å². The monoisotopic (exact) mass is 234 g/mol. The zero-order valence-corrected chi connectivity index (χ0v) is 11.0. The van der Waals surface area contributed by atoms with Gasteiger partial charge < -0.3 is 9.47 Å². The predicted molar refractivity (Wildman–Crippen MR) is 69.1 cm³/mol. The molecule has 0 aliphatic carbocycles. The standard InChI is InChI=1S/C15H22O2/c1-4-6-14(16-5-2)15(11-17-15)13-9-7-12(3)8-10-13/h7-10,14H,4-6,11H2,1-3H3. The van der Waals surface area contributed by atoms with E-state index < -0.39 is 0 Å². The third kappa shape index (κ3) is 2.53. The van der Waals surface area contributed by atoms with Gasteiger partial charge in [0, 0.05) is 6.61 Å². The normalized spacial score (nSPS) is 24.6. The predicted octanol–water partition coefficient (Wildman–Crippen LogP) is 3.43. The van der Waals surface area contributed by atoms with E-state index in [9.17, 15) is 0 Å². The van der Waals surface area contributed by atoms with E-state index in [2.05, 4.69) is 38.1 Å². The van der Waals surface area contributed by atoms with Crippen LogP contribution < -0.4 is 0 Å². The van der Waals surface area contributed by atoms with E-state index in [-0.39, 0.29) is 11.7 Å². The minimum atomic E-state index is -0.167. The first-order valence-electron chi connectivity index (χ1n) is 6.55. The first kappa shape index (κ1) is 12.6. The molecule has 0 radical (unpaired) electrons. The molecular formula is C15H22O2. The van der Waals surface area contributed by atoms with Crippen LogP contribution in [0.15, 0.2) is 24.3 Å². The Hall–Kier alpha value is -0.860. The van der Waals surface area contributed by atoms with Gasteiger partial charge in [0.05, 0.1) is 12.7 Å². The molecule has 1 saturated heterocycles. The van der Waals surface area contributed by atoms with Crippen LogP contribution in [-0.4, -0.2) is 19.3 Å². The van der Waals surface area contributed by atoms with Gasteiger partial charge in [-0.05, 0) is 25.8 Å². The highest BCUT2D eigenvalue weighted by Gasteiger charge is 2.53. The molecule has 0 spiro atoms. The van der Waals surface area contributed by atoms with Crippen LogP contribution in [0.4, 0.5) is 0 Å². The third-order valence-corrected chi connectivity index (χ3v) is 3.43. The van der Waals surface area contributed by atoms with Crippen molar-refractivity contribution in [3.63, 3.8) is 0 Å². The quantitative estimate of drug-likeness (QED) is 0.703.